The Hall–Kier alpha value is -3.12. The first-order valence-corrected chi connectivity index (χ1v) is 10.7. The van der Waals surface area contributed by atoms with Crippen molar-refractivity contribution >= 4 is 27.8 Å². The minimum atomic E-state index is -0.777. The molecule has 0 aliphatic rings. The van der Waals surface area contributed by atoms with E-state index in [1.807, 2.05) is 48.5 Å². The summed E-state index contributed by atoms with van der Waals surface area (Å²) in [4.78, 5) is 24.9. The van der Waals surface area contributed by atoms with E-state index in [0.717, 1.165) is 12.0 Å². The standard InChI is InChI=1S/C25H24BrNO4/c1-30-25(29)22(16-19-10-6-3-7-11-19)27-24(28)20-12-13-23(21(26)17-20)31-15-14-18-8-4-2-5-9-18/h2-13,17,22H,14-16H2,1H3,(H,27,28). The van der Waals surface area contributed by atoms with Crippen LogP contribution in [0.4, 0.5) is 0 Å². The quantitative estimate of drug-likeness (QED) is 0.454. The highest BCUT2D eigenvalue weighted by Gasteiger charge is 2.23. The van der Waals surface area contributed by atoms with Crippen LogP contribution < -0.4 is 10.1 Å². The van der Waals surface area contributed by atoms with Crippen LogP contribution in [0.3, 0.4) is 0 Å². The maximum absolute atomic E-state index is 12.7. The number of carbonyl (C=O) groups is 2. The van der Waals surface area contributed by atoms with Gasteiger partial charge in [-0.15, -0.1) is 0 Å². The predicted octanol–water partition coefficient (Wildman–Crippen LogP) is 4.58. The third-order valence-corrected chi connectivity index (χ3v) is 5.38. The van der Waals surface area contributed by atoms with Gasteiger partial charge in [-0.3, -0.25) is 4.79 Å². The Bertz CT molecular complexity index is 1010. The van der Waals surface area contributed by atoms with E-state index in [4.69, 9.17) is 9.47 Å². The van der Waals surface area contributed by atoms with Crippen molar-refractivity contribution in [3.8, 4) is 5.75 Å². The average molecular weight is 482 g/mol. The molecule has 1 unspecified atom stereocenters. The van der Waals surface area contributed by atoms with Gasteiger partial charge in [-0.05, 0) is 45.3 Å². The van der Waals surface area contributed by atoms with Crippen LogP contribution in [-0.2, 0) is 22.4 Å². The molecule has 1 amide bonds. The molecule has 0 radical (unpaired) electrons. The van der Waals surface area contributed by atoms with Crippen LogP contribution in [0, 0.1) is 0 Å². The number of halogens is 1. The summed E-state index contributed by atoms with van der Waals surface area (Å²) in [6, 6.07) is 23.9. The molecule has 0 heterocycles. The average Bonchev–Trinajstić information content (AvgIpc) is 2.80. The van der Waals surface area contributed by atoms with Crippen LogP contribution in [0.5, 0.6) is 5.75 Å². The second-order valence-corrected chi connectivity index (χ2v) is 7.82. The highest BCUT2D eigenvalue weighted by atomic mass is 79.9. The number of nitrogens with one attached hydrogen (secondary N) is 1. The zero-order valence-electron chi connectivity index (χ0n) is 17.2. The normalized spacial score (nSPS) is 11.4. The fraction of sp³-hybridized carbons (Fsp3) is 0.200. The molecule has 1 atom stereocenters. The molecule has 0 fully saturated rings. The summed E-state index contributed by atoms with van der Waals surface area (Å²) in [5.41, 5.74) is 2.55. The summed E-state index contributed by atoms with van der Waals surface area (Å²) in [5.74, 6) is -0.193. The maximum Gasteiger partial charge on any atom is 0.328 e. The summed E-state index contributed by atoms with van der Waals surface area (Å²) in [6.07, 6.45) is 1.14. The van der Waals surface area contributed by atoms with Gasteiger partial charge in [0.2, 0.25) is 0 Å². The molecule has 0 saturated carbocycles. The molecule has 3 aromatic rings. The number of amides is 1. The molecule has 160 valence electrons. The molecule has 0 saturated heterocycles. The fourth-order valence-electron chi connectivity index (χ4n) is 3.11. The molecular formula is C25H24BrNO4. The molecule has 0 aliphatic carbocycles. The van der Waals surface area contributed by atoms with Gasteiger partial charge in [-0.1, -0.05) is 60.7 Å². The molecule has 0 aromatic heterocycles. The Kier molecular flexibility index (Phi) is 8.24. The summed E-state index contributed by atoms with van der Waals surface area (Å²) >= 11 is 3.47. The lowest BCUT2D eigenvalue weighted by atomic mass is 10.1. The predicted molar refractivity (Wildman–Crippen MR) is 123 cm³/mol. The Morgan fingerprint density at radius 1 is 0.935 bits per heavy atom. The van der Waals surface area contributed by atoms with Gasteiger partial charge in [0, 0.05) is 18.4 Å². The van der Waals surface area contributed by atoms with Crippen LogP contribution in [-0.4, -0.2) is 31.6 Å². The largest absolute Gasteiger partial charge is 0.492 e. The number of rotatable bonds is 9. The van der Waals surface area contributed by atoms with Crippen molar-refractivity contribution in [1.82, 2.24) is 5.32 Å². The lowest BCUT2D eigenvalue weighted by Gasteiger charge is -2.17. The second-order valence-electron chi connectivity index (χ2n) is 6.97. The second kappa shape index (κ2) is 11.3. The zero-order valence-corrected chi connectivity index (χ0v) is 18.8. The van der Waals surface area contributed by atoms with Crippen molar-refractivity contribution < 1.29 is 19.1 Å². The minimum Gasteiger partial charge on any atom is -0.492 e. The summed E-state index contributed by atoms with van der Waals surface area (Å²) in [6.45, 7) is 0.523. The number of benzene rings is 3. The number of esters is 1. The van der Waals surface area contributed by atoms with Crippen LogP contribution >= 0.6 is 15.9 Å². The van der Waals surface area contributed by atoms with Crippen molar-refractivity contribution in [2.75, 3.05) is 13.7 Å². The van der Waals surface area contributed by atoms with Gasteiger partial charge < -0.3 is 14.8 Å². The molecule has 6 heteroatoms. The molecular weight excluding hydrogens is 458 g/mol. The fourth-order valence-corrected chi connectivity index (χ4v) is 3.60. The van der Waals surface area contributed by atoms with Crippen molar-refractivity contribution in [2.24, 2.45) is 0 Å². The molecule has 0 spiro atoms. The molecule has 0 bridgehead atoms. The highest BCUT2D eigenvalue weighted by molar-refractivity contribution is 9.10. The van der Waals surface area contributed by atoms with Crippen LogP contribution in [0.2, 0.25) is 0 Å². The summed E-state index contributed by atoms with van der Waals surface area (Å²) < 4.78 is 11.4. The third kappa shape index (κ3) is 6.69. The molecule has 1 N–H and O–H groups in total. The van der Waals surface area contributed by atoms with Crippen molar-refractivity contribution in [2.45, 2.75) is 18.9 Å². The number of hydrogen-bond donors (Lipinski definition) is 1. The van der Waals surface area contributed by atoms with Gasteiger partial charge in [0.25, 0.3) is 5.91 Å². The number of carbonyl (C=O) groups excluding carboxylic acids is 2. The lowest BCUT2D eigenvalue weighted by Crippen LogP contribution is -2.43. The van der Waals surface area contributed by atoms with E-state index < -0.39 is 12.0 Å². The molecule has 0 aliphatic heterocycles. The topological polar surface area (TPSA) is 64.6 Å². The Morgan fingerprint density at radius 3 is 2.19 bits per heavy atom. The van der Waals surface area contributed by atoms with Crippen LogP contribution in [0.1, 0.15) is 21.5 Å². The van der Waals surface area contributed by atoms with Gasteiger partial charge in [0.05, 0.1) is 18.2 Å². The maximum atomic E-state index is 12.7. The highest BCUT2D eigenvalue weighted by Crippen LogP contribution is 2.26. The number of ether oxygens (including phenoxy) is 2. The molecule has 5 nitrogen and oxygen atoms in total. The van der Waals surface area contributed by atoms with Gasteiger partial charge in [0.15, 0.2) is 0 Å². The van der Waals surface area contributed by atoms with E-state index in [9.17, 15) is 9.59 Å². The van der Waals surface area contributed by atoms with Crippen molar-refractivity contribution in [1.29, 1.82) is 0 Å². The molecule has 31 heavy (non-hydrogen) atoms. The van der Waals surface area contributed by atoms with E-state index in [1.54, 1.807) is 18.2 Å². The van der Waals surface area contributed by atoms with E-state index in [-0.39, 0.29) is 5.91 Å². The third-order valence-electron chi connectivity index (χ3n) is 4.76. The van der Waals surface area contributed by atoms with E-state index >= 15 is 0 Å². The minimum absolute atomic E-state index is 0.348. The van der Waals surface area contributed by atoms with E-state index in [2.05, 4.69) is 33.4 Å². The number of hydrogen-bond acceptors (Lipinski definition) is 4. The van der Waals surface area contributed by atoms with Crippen molar-refractivity contribution in [3.05, 3.63) is 100 Å². The smallest absolute Gasteiger partial charge is 0.328 e. The van der Waals surface area contributed by atoms with Crippen LogP contribution in [0.15, 0.2) is 83.3 Å². The Balaban J connectivity index is 1.62. The SMILES string of the molecule is COC(=O)C(Cc1ccccc1)NC(=O)c1ccc(OCCc2ccccc2)c(Br)c1. The first-order valence-electron chi connectivity index (χ1n) is 9.95. The number of methoxy groups -OCH3 is 1. The van der Waals surface area contributed by atoms with Crippen LogP contribution in [0.25, 0.3) is 0 Å². The first-order chi connectivity index (χ1) is 15.1. The first kappa shape index (κ1) is 22.6. The van der Waals surface area contributed by atoms with E-state index in [0.29, 0.717) is 28.8 Å². The van der Waals surface area contributed by atoms with Gasteiger partial charge >= 0.3 is 5.97 Å². The monoisotopic (exact) mass is 481 g/mol. The van der Waals surface area contributed by atoms with E-state index in [1.165, 1.54) is 12.7 Å². The Labute approximate surface area is 190 Å². The lowest BCUT2D eigenvalue weighted by molar-refractivity contribution is -0.142. The Morgan fingerprint density at radius 2 is 1.58 bits per heavy atom. The van der Waals surface area contributed by atoms with Gasteiger partial charge in [-0.25, -0.2) is 4.79 Å². The van der Waals surface area contributed by atoms with Crippen molar-refractivity contribution in [3.63, 3.8) is 0 Å². The van der Waals surface area contributed by atoms with Gasteiger partial charge in [0.1, 0.15) is 11.8 Å². The zero-order chi connectivity index (χ0) is 22.1. The van der Waals surface area contributed by atoms with Gasteiger partial charge in [-0.2, -0.15) is 0 Å². The summed E-state index contributed by atoms with van der Waals surface area (Å²) in [7, 11) is 1.31. The molecule has 3 aromatic carbocycles. The summed E-state index contributed by atoms with van der Waals surface area (Å²) in [5, 5.41) is 2.77. The molecule has 3 rings (SSSR count).